The van der Waals surface area contributed by atoms with Crippen molar-refractivity contribution >= 4 is 27.6 Å². The van der Waals surface area contributed by atoms with Crippen LogP contribution in [0.3, 0.4) is 0 Å². The van der Waals surface area contributed by atoms with Crippen LogP contribution in [0.2, 0.25) is 0 Å². The van der Waals surface area contributed by atoms with Crippen molar-refractivity contribution < 1.29 is 27.9 Å². The number of fused-ring (bicyclic) bond motifs is 1. The van der Waals surface area contributed by atoms with E-state index in [1.54, 1.807) is 37.1 Å². The van der Waals surface area contributed by atoms with E-state index < -0.39 is 22.2 Å². The molecule has 3 amide bonds. The van der Waals surface area contributed by atoms with Crippen LogP contribution in [0.15, 0.2) is 47.4 Å². The number of amides is 3. The summed E-state index contributed by atoms with van der Waals surface area (Å²) < 4.78 is 34.7. The van der Waals surface area contributed by atoms with E-state index in [0.29, 0.717) is 0 Å². The average molecular weight is 547 g/mol. The number of carbonyl (C=O) groups excluding carboxylic acids is 2. The van der Waals surface area contributed by atoms with Gasteiger partial charge >= 0.3 is 6.03 Å². The zero-order chi connectivity index (χ0) is 28.2. The number of aryl methyl sites for hydroxylation is 1. The molecule has 2 aromatic rings. The van der Waals surface area contributed by atoms with Gasteiger partial charge < -0.3 is 25.0 Å². The largest absolute Gasteiger partial charge is 0.487 e. The van der Waals surface area contributed by atoms with Crippen molar-refractivity contribution in [3.05, 3.63) is 53.6 Å². The van der Waals surface area contributed by atoms with Gasteiger partial charge in [-0.25, -0.2) is 13.2 Å². The van der Waals surface area contributed by atoms with Gasteiger partial charge in [-0.2, -0.15) is 0 Å². The molecule has 0 unspecified atom stereocenters. The Morgan fingerprint density at radius 2 is 1.84 bits per heavy atom. The zero-order valence-corrected chi connectivity index (χ0v) is 23.6. The number of sulfonamides is 1. The number of anilines is 1. The summed E-state index contributed by atoms with van der Waals surface area (Å²) in [5.41, 5.74) is 1.30. The molecular weight excluding hydrogens is 508 g/mol. The minimum atomic E-state index is -3.89. The molecule has 3 rings (SSSR count). The third-order valence-corrected chi connectivity index (χ3v) is 7.86. The van der Waals surface area contributed by atoms with E-state index in [9.17, 15) is 23.1 Å². The number of hydrogen-bond acceptors (Lipinski definition) is 6. The van der Waals surface area contributed by atoms with Crippen molar-refractivity contribution in [2.45, 2.75) is 57.7 Å². The molecule has 10 nitrogen and oxygen atoms in total. The summed E-state index contributed by atoms with van der Waals surface area (Å²) in [7, 11) is -2.21. The van der Waals surface area contributed by atoms with Crippen LogP contribution in [0.5, 0.6) is 5.75 Å². The first kappa shape index (κ1) is 29.2. The van der Waals surface area contributed by atoms with Gasteiger partial charge in [0, 0.05) is 31.2 Å². The monoisotopic (exact) mass is 546 g/mol. The normalized spacial score (nSPS) is 18.6. The van der Waals surface area contributed by atoms with Crippen LogP contribution in [-0.4, -0.2) is 80.2 Å². The molecule has 0 fully saturated rings. The number of nitrogens with one attached hydrogen (secondary N) is 2. The second kappa shape index (κ2) is 12.0. The Balaban J connectivity index is 1.96. The summed E-state index contributed by atoms with van der Waals surface area (Å²) in [6.07, 6.45) is -0.465. The van der Waals surface area contributed by atoms with Crippen LogP contribution in [-0.2, 0) is 10.0 Å². The minimum absolute atomic E-state index is 0.0259. The number of hydrogen-bond donors (Lipinski definition) is 3. The Morgan fingerprint density at radius 1 is 1.18 bits per heavy atom. The predicted octanol–water partition coefficient (Wildman–Crippen LogP) is 3.07. The zero-order valence-electron chi connectivity index (χ0n) is 22.8. The highest BCUT2D eigenvalue weighted by molar-refractivity contribution is 7.92. The van der Waals surface area contributed by atoms with Crippen molar-refractivity contribution in [3.63, 3.8) is 0 Å². The van der Waals surface area contributed by atoms with Crippen molar-refractivity contribution in [2.24, 2.45) is 5.92 Å². The van der Waals surface area contributed by atoms with Gasteiger partial charge in [0.2, 0.25) is 0 Å². The first-order chi connectivity index (χ1) is 17.8. The SMILES string of the molecule is Cc1ccc(S(=O)(=O)Nc2ccc3c(c2)C(=O)N([C@@H](C)CO)C[C@@H](C)[C@H](CN(C)C(=O)NC(C)C)O3)cc1. The molecule has 208 valence electrons. The predicted molar refractivity (Wildman–Crippen MR) is 146 cm³/mol. The van der Waals surface area contributed by atoms with Crippen molar-refractivity contribution in [1.82, 2.24) is 15.1 Å². The van der Waals surface area contributed by atoms with E-state index in [4.69, 9.17) is 4.74 Å². The maximum Gasteiger partial charge on any atom is 0.317 e. The second-order valence-corrected chi connectivity index (χ2v) is 11.9. The Labute approximate surface area is 225 Å². The van der Waals surface area contributed by atoms with E-state index in [0.717, 1.165) is 5.56 Å². The molecule has 1 heterocycles. The number of carbonyl (C=O) groups is 2. The highest BCUT2D eigenvalue weighted by Gasteiger charge is 2.34. The molecule has 38 heavy (non-hydrogen) atoms. The minimum Gasteiger partial charge on any atom is -0.487 e. The van der Waals surface area contributed by atoms with Crippen LogP contribution in [0.25, 0.3) is 0 Å². The van der Waals surface area contributed by atoms with E-state index in [2.05, 4.69) is 10.0 Å². The molecule has 0 bridgehead atoms. The molecular formula is C27H38N4O6S. The van der Waals surface area contributed by atoms with Gasteiger partial charge in [0.05, 0.1) is 29.7 Å². The molecule has 11 heteroatoms. The van der Waals surface area contributed by atoms with Crippen LogP contribution < -0.4 is 14.8 Å². The van der Waals surface area contributed by atoms with Crippen LogP contribution in [0.1, 0.15) is 43.6 Å². The van der Waals surface area contributed by atoms with E-state index in [-0.39, 0.29) is 65.5 Å². The standard InChI is InChI=1S/C27H38N4O6S/c1-17(2)28-27(34)30(6)15-25-19(4)14-31(20(5)16-32)26(33)23-13-21(9-12-24(23)37-25)29-38(35,36)22-10-7-18(3)8-11-22/h7-13,17,19-20,25,29,32H,14-16H2,1-6H3,(H,28,34)/t19-,20+,25+/m1/s1. The summed E-state index contributed by atoms with van der Waals surface area (Å²) in [5, 5.41) is 12.7. The molecule has 1 aliphatic rings. The van der Waals surface area contributed by atoms with Gasteiger partial charge in [-0.05, 0) is 58.0 Å². The summed E-state index contributed by atoms with van der Waals surface area (Å²) in [6, 6.07) is 10.2. The Morgan fingerprint density at radius 3 is 2.45 bits per heavy atom. The fraction of sp³-hybridized carbons (Fsp3) is 0.481. The van der Waals surface area contributed by atoms with Crippen LogP contribution >= 0.6 is 0 Å². The maximum atomic E-state index is 13.6. The van der Waals surface area contributed by atoms with Crippen LogP contribution in [0, 0.1) is 12.8 Å². The van der Waals surface area contributed by atoms with Gasteiger partial charge in [0.1, 0.15) is 11.9 Å². The van der Waals surface area contributed by atoms with Gasteiger partial charge in [-0.1, -0.05) is 24.6 Å². The lowest BCUT2D eigenvalue weighted by Crippen LogP contribution is -2.51. The maximum absolute atomic E-state index is 13.6. The number of nitrogens with zero attached hydrogens (tertiary/aromatic N) is 2. The molecule has 3 N–H and O–H groups in total. The Hall–Kier alpha value is -3.31. The average Bonchev–Trinajstić information content (AvgIpc) is 2.85. The molecule has 2 aromatic carbocycles. The molecule has 3 atom stereocenters. The summed E-state index contributed by atoms with van der Waals surface area (Å²) in [4.78, 5) is 29.3. The van der Waals surface area contributed by atoms with Gasteiger partial charge in [0.25, 0.3) is 15.9 Å². The number of aliphatic hydroxyl groups is 1. The molecule has 0 saturated heterocycles. The first-order valence-corrected chi connectivity index (χ1v) is 14.1. The highest BCUT2D eigenvalue weighted by Crippen LogP contribution is 2.31. The number of likely N-dealkylation sites (N-methyl/N-ethyl adjacent to an activating group) is 1. The van der Waals surface area contributed by atoms with Crippen molar-refractivity contribution in [2.75, 3.05) is 31.5 Å². The van der Waals surface area contributed by atoms with Gasteiger partial charge in [-0.3, -0.25) is 9.52 Å². The fourth-order valence-electron chi connectivity index (χ4n) is 4.15. The summed E-state index contributed by atoms with van der Waals surface area (Å²) in [6.45, 7) is 9.59. The lowest BCUT2D eigenvalue weighted by Gasteiger charge is -2.38. The Bertz CT molecular complexity index is 1250. The lowest BCUT2D eigenvalue weighted by atomic mass is 9.99. The fourth-order valence-corrected chi connectivity index (χ4v) is 5.19. The summed E-state index contributed by atoms with van der Waals surface area (Å²) >= 11 is 0. The topological polar surface area (TPSA) is 128 Å². The van der Waals surface area contributed by atoms with Crippen molar-refractivity contribution in [1.29, 1.82) is 0 Å². The number of aliphatic hydroxyl groups excluding tert-OH is 1. The molecule has 0 aromatic heterocycles. The number of benzene rings is 2. The smallest absolute Gasteiger partial charge is 0.317 e. The third kappa shape index (κ3) is 6.96. The molecule has 0 spiro atoms. The molecule has 1 aliphatic heterocycles. The van der Waals surface area contributed by atoms with Crippen molar-refractivity contribution in [3.8, 4) is 5.75 Å². The number of ether oxygens (including phenoxy) is 1. The highest BCUT2D eigenvalue weighted by atomic mass is 32.2. The summed E-state index contributed by atoms with van der Waals surface area (Å²) in [5.74, 6) is -0.276. The molecule has 0 radical (unpaired) electrons. The molecule has 0 aliphatic carbocycles. The van der Waals surface area contributed by atoms with E-state index >= 15 is 0 Å². The van der Waals surface area contributed by atoms with Crippen LogP contribution in [0.4, 0.5) is 10.5 Å². The first-order valence-electron chi connectivity index (χ1n) is 12.7. The molecule has 0 saturated carbocycles. The van der Waals surface area contributed by atoms with Gasteiger partial charge in [0.15, 0.2) is 0 Å². The third-order valence-electron chi connectivity index (χ3n) is 6.46. The number of rotatable bonds is 8. The number of urea groups is 1. The van der Waals surface area contributed by atoms with E-state index in [1.807, 2.05) is 27.7 Å². The Kier molecular flexibility index (Phi) is 9.26. The van der Waals surface area contributed by atoms with Gasteiger partial charge in [-0.15, -0.1) is 0 Å². The quantitative estimate of drug-likeness (QED) is 0.467. The lowest BCUT2D eigenvalue weighted by molar-refractivity contribution is 0.0366. The van der Waals surface area contributed by atoms with E-state index in [1.165, 1.54) is 29.2 Å². The second-order valence-electron chi connectivity index (χ2n) is 10.2.